The smallest absolute Gasteiger partial charge is 0.316 e. The van der Waals surface area contributed by atoms with Gasteiger partial charge in [-0.15, -0.1) is 5.10 Å². The molecule has 2 rings (SSSR count). The first-order valence-corrected chi connectivity index (χ1v) is 6.57. The fraction of sp³-hybridized carbons (Fsp3) is 0.800. The van der Waals surface area contributed by atoms with Gasteiger partial charge in [-0.05, 0) is 44.0 Å². The maximum Gasteiger partial charge on any atom is 0.316 e. The second-order valence-corrected chi connectivity index (χ2v) is 5.95. The molecular formula is C10H16N4O2S. The minimum absolute atomic E-state index is 0.240. The molecule has 94 valence electrons. The fourth-order valence-electron chi connectivity index (χ4n) is 1.32. The molecule has 1 aromatic rings. The van der Waals surface area contributed by atoms with Crippen molar-refractivity contribution in [3.63, 3.8) is 0 Å². The number of carbonyl (C=O) groups is 1. The van der Waals surface area contributed by atoms with Crippen LogP contribution in [0.2, 0.25) is 0 Å². The zero-order valence-corrected chi connectivity index (χ0v) is 11.0. The molecule has 1 saturated carbocycles. The minimum atomic E-state index is -0.444. The third-order valence-corrected chi connectivity index (χ3v) is 3.00. The molecule has 1 aliphatic rings. The van der Waals surface area contributed by atoms with Gasteiger partial charge in [-0.25, -0.2) is 4.68 Å². The zero-order valence-electron chi connectivity index (χ0n) is 10.2. The minimum Gasteiger partial charge on any atom is -0.459 e. The van der Waals surface area contributed by atoms with Gasteiger partial charge in [0.05, 0.1) is 11.8 Å². The van der Waals surface area contributed by atoms with Gasteiger partial charge < -0.3 is 4.74 Å². The van der Waals surface area contributed by atoms with Crippen LogP contribution in [0.1, 0.15) is 39.7 Å². The van der Waals surface area contributed by atoms with Crippen molar-refractivity contribution in [1.82, 2.24) is 20.2 Å². The topological polar surface area (TPSA) is 69.9 Å². The summed E-state index contributed by atoms with van der Waals surface area (Å²) in [5.41, 5.74) is -0.444. The van der Waals surface area contributed by atoms with E-state index in [1.54, 1.807) is 4.68 Å². The average molecular weight is 256 g/mol. The molecule has 6 nitrogen and oxygen atoms in total. The molecule has 1 aromatic heterocycles. The van der Waals surface area contributed by atoms with Gasteiger partial charge in [0.15, 0.2) is 0 Å². The maximum absolute atomic E-state index is 11.5. The summed E-state index contributed by atoms with van der Waals surface area (Å²) in [5, 5.41) is 12.1. The third-order valence-electron chi connectivity index (χ3n) is 2.09. The lowest BCUT2D eigenvalue weighted by Gasteiger charge is -2.19. The summed E-state index contributed by atoms with van der Waals surface area (Å²) in [7, 11) is 0. The lowest BCUT2D eigenvalue weighted by molar-refractivity contribution is -0.151. The van der Waals surface area contributed by atoms with Crippen molar-refractivity contribution in [2.45, 2.75) is 50.4 Å². The number of tetrazole rings is 1. The molecule has 0 saturated heterocycles. The zero-order chi connectivity index (χ0) is 12.5. The lowest BCUT2D eigenvalue weighted by Crippen LogP contribution is -2.25. The first-order valence-electron chi connectivity index (χ1n) is 5.58. The number of ether oxygens (including phenoxy) is 1. The van der Waals surface area contributed by atoms with E-state index in [4.69, 9.17) is 4.74 Å². The molecule has 17 heavy (non-hydrogen) atoms. The standard InChI is InChI=1S/C10H16N4O2S/c1-10(2,3)16-8(15)6-17-9-11-12-13-14(9)7-4-5-7/h7H,4-6H2,1-3H3. The van der Waals surface area contributed by atoms with Crippen LogP contribution in [-0.4, -0.2) is 37.5 Å². The molecule has 0 atom stereocenters. The van der Waals surface area contributed by atoms with Gasteiger partial charge in [0.25, 0.3) is 0 Å². The molecule has 1 fully saturated rings. The molecule has 0 spiro atoms. The Morgan fingerprint density at radius 3 is 2.82 bits per heavy atom. The Morgan fingerprint density at radius 1 is 1.53 bits per heavy atom. The average Bonchev–Trinajstić information content (AvgIpc) is 2.92. The normalized spacial score (nSPS) is 15.9. The molecule has 0 bridgehead atoms. The van der Waals surface area contributed by atoms with Gasteiger partial charge in [0, 0.05) is 0 Å². The Balaban J connectivity index is 1.85. The van der Waals surface area contributed by atoms with Gasteiger partial charge in [-0.3, -0.25) is 4.79 Å². The molecule has 0 aromatic carbocycles. The number of carbonyl (C=O) groups excluding carboxylic acids is 1. The molecule has 0 N–H and O–H groups in total. The van der Waals surface area contributed by atoms with Gasteiger partial charge in [0.1, 0.15) is 5.60 Å². The third kappa shape index (κ3) is 3.69. The highest BCUT2D eigenvalue weighted by Gasteiger charge is 2.28. The van der Waals surface area contributed by atoms with E-state index in [0.717, 1.165) is 12.8 Å². The van der Waals surface area contributed by atoms with Crippen molar-refractivity contribution in [2.75, 3.05) is 5.75 Å². The summed E-state index contributed by atoms with van der Waals surface area (Å²) >= 11 is 1.32. The number of esters is 1. The van der Waals surface area contributed by atoms with E-state index in [0.29, 0.717) is 11.2 Å². The van der Waals surface area contributed by atoms with Gasteiger partial charge >= 0.3 is 5.97 Å². The molecule has 0 amide bonds. The largest absolute Gasteiger partial charge is 0.459 e. The van der Waals surface area contributed by atoms with Crippen LogP contribution in [0.5, 0.6) is 0 Å². The highest BCUT2D eigenvalue weighted by atomic mass is 32.2. The van der Waals surface area contributed by atoms with E-state index in [2.05, 4.69) is 15.5 Å². The molecule has 7 heteroatoms. The second-order valence-electron chi connectivity index (χ2n) is 5.01. The van der Waals surface area contributed by atoms with Crippen LogP contribution in [0.15, 0.2) is 5.16 Å². The lowest BCUT2D eigenvalue weighted by atomic mass is 10.2. The van der Waals surface area contributed by atoms with Crippen LogP contribution in [0, 0.1) is 0 Å². The van der Waals surface area contributed by atoms with Crippen LogP contribution < -0.4 is 0 Å². The van der Waals surface area contributed by atoms with Crippen molar-refractivity contribution in [1.29, 1.82) is 0 Å². The number of aromatic nitrogens is 4. The van der Waals surface area contributed by atoms with Crippen LogP contribution in [0.4, 0.5) is 0 Å². The molecule has 1 heterocycles. The molecule has 1 aliphatic carbocycles. The van der Waals surface area contributed by atoms with Crippen molar-refractivity contribution < 1.29 is 9.53 Å². The Bertz CT molecular complexity index is 409. The maximum atomic E-state index is 11.5. The summed E-state index contributed by atoms with van der Waals surface area (Å²) in [5.74, 6) is -0.00229. The summed E-state index contributed by atoms with van der Waals surface area (Å²) in [6.45, 7) is 5.55. The first-order chi connectivity index (χ1) is 7.96. The van der Waals surface area contributed by atoms with Gasteiger partial charge in [-0.1, -0.05) is 11.8 Å². The first kappa shape index (κ1) is 12.3. The Kier molecular flexibility index (Phi) is 3.37. The SMILES string of the molecule is CC(C)(C)OC(=O)CSc1nnnn1C1CC1. The van der Waals surface area contributed by atoms with E-state index >= 15 is 0 Å². The molecular weight excluding hydrogens is 240 g/mol. The molecule has 0 radical (unpaired) electrons. The Labute approximate surface area is 104 Å². The second kappa shape index (κ2) is 4.64. The summed E-state index contributed by atoms with van der Waals surface area (Å²) in [6.07, 6.45) is 2.23. The number of rotatable bonds is 4. The van der Waals surface area contributed by atoms with E-state index in [-0.39, 0.29) is 11.7 Å². The Hall–Kier alpha value is -1.11. The van der Waals surface area contributed by atoms with Crippen LogP contribution in [-0.2, 0) is 9.53 Å². The summed E-state index contributed by atoms with van der Waals surface area (Å²) in [6, 6.07) is 0.422. The Morgan fingerprint density at radius 2 is 2.24 bits per heavy atom. The van der Waals surface area contributed by atoms with E-state index < -0.39 is 5.60 Å². The molecule has 0 unspecified atom stereocenters. The van der Waals surface area contributed by atoms with Crippen LogP contribution in [0.3, 0.4) is 0 Å². The van der Waals surface area contributed by atoms with E-state index in [1.165, 1.54) is 11.8 Å². The van der Waals surface area contributed by atoms with E-state index in [9.17, 15) is 4.79 Å². The van der Waals surface area contributed by atoms with Crippen LogP contribution in [0.25, 0.3) is 0 Å². The van der Waals surface area contributed by atoms with Crippen LogP contribution >= 0.6 is 11.8 Å². The highest BCUT2D eigenvalue weighted by Crippen LogP contribution is 2.36. The van der Waals surface area contributed by atoms with Crippen molar-refractivity contribution in [2.24, 2.45) is 0 Å². The fourth-order valence-corrected chi connectivity index (χ4v) is 2.04. The number of hydrogen-bond acceptors (Lipinski definition) is 6. The number of nitrogens with zero attached hydrogens (tertiary/aromatic N) is 4. The quantitative estimate of drug-likeness (QED) is 0.599. The van der Waals surface area contributed by atoms with Gasteiger partial charge in [-0.2, -0.15) is 0 Å². The van der Waals surface area contributed by atoms with Gasteiger partial charge in [0.2, 0.25) is 5.16 Å². The summed E-state index contributed by atoms with van der Waals surface area (Å²) in [4.78, 5) is 11.5. The number of thioether (sulfide) groups is 1. The van der Waals surface area contributed by atoms with Crippen molar-refractivity contribution in [3.8, 4) is 0 Å². The highest BCUT2D eigenvalue weighted by molar-refractivity contribution is 7.99. The summed E-state index contributed by atoms with van der Waals surface area (Å²) < 4.78 is 7.00. The molecule has 0 aliphatic heterocycles. The number of hydrogen-bond donors (Lipinski definition) is 0. The monoisotopic (exact) mass is 256 g/mol. The van der Waals surface area contributed by atoms with E-state index in [1.807, 2.05) is 20.8 Å². The van der Waals surface area contributed by atoms with Crippen molar-refractivity contribution >= 4 is 17.7 Å². The van der Waals surface area contributed by atoms with Crippen molar-refractivity contribution in [3.05, 3.63) is 0 Å². The predicted molar refractivity (Wildman–Crippen MR) is 62.7 cm³/mol. The predicted octanol–water partition coefficient (Wildman–Crippen LogP) is 1.44.